The zero-order chi connectivity index (χ0) is 8.55. The van der Waals surface area contributed by atoms with Gasteiger partial charge in [0.1, 0.15) is 0 Å². The lowest BCUT2D eigenvalue weighted by Crippen LogP contribution is -1.77. The van der Waals surface area contributed by atoms with Gasteiger partial charge in [-0.3, -0.25) is 0 Å². The Labute approximate surface area is 73.2 Å². The molecule has 1 aliphatic carbocycles. The van der Waals surface area contributed by atoms with Crippen LogP contribution in [0.4, 0.5) is 0 Å². The standard InChI is InChI=1S/C12H12/c1-3-10-8-9(2)11-6-4-5-7-12(10)11/h3-7H,2,8H2,1H3/b10-3+. The van der Waals surface area contributed by atoms with E-state index >= 15 is 0 Å². The summed E-state index contributed by atoms with van der Waals surface area (Å²) in [5, 5.41) is 0. The van der Waals surface area contributed by atoms with Crippen LogP contribution in [0, 0.1) is 0 Å². The molecule has 0 bridgehead atoms. The number of fused-ring (bicyclic) bond motifs is 1. The van der Waals surface area contributed by atoms with Crippen LogP contribution in [-0.2, 0) is 0 Å². The minimum Gasteiger partial charge on any atom is -0.0949 e. The van der Waals surface area contributed by atoms with Crippen molar-refractivity contribution in [3.05, 3.63) is 48.0 Å². The fourth-order valence-corrected chi connectivity index (χ4v) is 1.75. The lowest BCUT2D eigenvalue weighted by molar-refractivity contribution is 1.50. The number of rotatable bonds is 0. The average molecular weight is 156 g/mol. The Balaban J connectivity index is 2.65. The fraction of sp³-hybridized carbons (Fsp3) is 0.167. The molecule has 0 amide bonds. The third-order valence-electron chi connectivity index (χ3n) is 2.41. The van der Waals surface area contributed by atoms with Crippen molar-refractivity contribution < 1.29 is 0 Å². The predicted octanol–water partition coefficient (Wildman–Crippen LogP) is 3.51. The summed E-state index contributed by atoms with van der Waals surface area (Å²) in [7, 11) is 0. The molecule has 0 spiro atoms. The summed E-state index contributed by atoms with van der Waals surface area (Å²) in [4.78, 5) is 0. The summed E-state index contributed by atoms with van der Waals surface area (Å²) in [5.74, 6) is 0. The molecule has 0 saturated carbocycles. The molecule has 0 heterocycles. The molecule has 0 nitrogen and oxygen atoms in total. The highest BCUT2D eigenvalue weighted by atomic mass is 14.2. The van der Waals surface area contributed by atoms with Gasteiger partial charge in [-0.15, -0.1) is 0 Å². The molecule has 0 aromatic heterocycles. The van der Waals surface area contributed by atoms with E-state index in [0.29, 0.717) is 0 Å². The SMILES string of the molecule is C=C1C/C(=C\C)c2ccccc21. The summed E-state index contributed by atoms with van der Waals surface area (Å²) in [6.07, 6.45) is 3.20. The van der Waals surface area contributed by atoms with Crippen LogP contribution in [0.3, 0.4) is 0 Å². The van der Waals surface area contributed by atoms with Gasteiger partial charge in [-0.05, 0) is 35.6 Å². The molecule has 0 aliphatic heterocycles. The Morgan fingerprint density at radius 2 is 1.92 bits per heavy atom. The zero-order valence-electron chi connectivity index (χ0n) is 7.30. The Bertz CT molecular complexity index is 356. The van der Waals surface area contributed by atoms with E-state index in [-0.39, 0.29) is 0 Å². The molecule has 1 aromatic rings. The maximum Gasteiger partial charge on any atom is -0.00226 e. The molecule has 1 aromatic carbocycles. The minimum absolute atomic E-state index is 1.02. The van der Waals surface area contributed by atoms with Crippen LogP contribution in [0.15, 0.2) is 36.9 Å². The van der Waals surface area contributed by atoms with Crippen LogP contribution in [-0.4, -0.2) is 0 Å². The summed E-state index contributed by atoms with van der Waals surface area (Å²) in [5.41, 5.74) is 5.35. The van der Waals surface area contributed by atoms with Gasteiger partial charge in [0.2, 0.25) is 0 Å². The smallest absolute Gasteiger partial charge is 0.00226 e. The van der Waals surface area contributed by atoms with Crippen molar-refractivity contribution in [2.75, 3.05) is 0 Å². The summed E-state index contributed by atoms with van der Waals surface area (Å²) < 4.78 is 0. The maximum atomic E-state index is 4.05. The van der Waals surface area contributed by atoms with Gasteiger partial charge in [0.15, 0.2) is 0 Å². The average Bonchev–Trinajstić information content (AvgIpc) is 2.44. The van der Waals surface area contributed by atoms with Gasteiger partial charge in [0.05, 0.1) is 0 Å². The zero-order valence-corrected chi connectivity index (χ0v) is 7.30. The summed E-state index contributed by atoms with van der Waals surface area (Å²) in [6, 6.07) is 8.47. The second-order valence-corrected chi connectivity index (χ2v) is 3.14. The number of allylic oxidation sites excluding steroid dienone is 3. The van der Waals surface area contributed by atoms with Gasteiger partial charge in [0, 0.05) is 0 Å². The van der Waals surface area contributed by atoms with E-state index in [9.17, 15) is 0 Å². The molecular formula is C12H12. The van der Waals surface area contributed by atoms with Crippen molar-refractivity contribution in [2.45, 2.75) is 13.3 Å². The van der Waals surface area contributed by atoms with Crippen molar-refractivity contribution in [1.82, 2.24) is 0 Å². The third-order valence-corrected chi connectivity index (χ3v) is 2.41. The van der Waals surface area contributed by atoms with Gasteiger partial charge in [0.25, 0.3) is 0 Å². The van der Waals surface area contributed by atoms with Gasteiger partial charge in [-0.1, -0.05) is 36.9 Å². The van der Waals surface area contributed by atoms with E-state index in [1.807, 2.05) is 0 Å². The fourth-order valence-electron chi connectivity index (χ4n) is 1.75. The van der Waals surface area contributed by atoms with E-state index in [1.54, 1.807) is 0 Å². The molecule has 60 valence electrons. The van der Waals surface area contributed by atoms with Crippen LogP contribution < -0.4 is 0 Å². The second-order valence-electron chi connectivity index (χ2n) is 3.14. The van der Waals surface area contributed by atoms with Gasteiger partial charge < -0.3 is 0 Å². The Morgan fingerprint density at radius 3 is 2.58 bits per heavy atom. The molecule has 1 aliphatic rings. The highest BCUT2D eigenvalue weighted by Crippen LogP contribution is 2.38. The third kappa shape index (κ3) is 0.918. The van der Waals surface area contributed by atoms with Crippen molar-refractivity contribution in [1.29, 1.82) is 0 Å². The van der Waals surface area contributed by atoms with Crippen molar-refractivity contribution >= 4 is 11.1 Å². The molecule has 0 unspecified atom stereocenters. The van der Waals surface area contributed by atoms with Crippen LogP contribution >= 0.6 is 0 Å². The first-order valence-electron chi connectivity index (χ1n) is 4.25. The van der Waals surface area contributed by atoms with Gasteiger partial charge >= 0.3 is 0 Å². The Kier molecular flexibility index (Phi) is 1.61. The molecular weight excluding hydrogens is 144 g/mol. The van der Waals surface area contributed by atoms with E-state index in [0.717, 1.165) is 6.42 Å². The first-order chi connectivity index (χ1) is 5.83. The first kappa shape index (κ1) is 7.35. The van der Waals surface area contributed by atoms with Crippen molar-refractivity contribution in [3.8, 4) is 0 Å². The minimum atomic E-state index is 1.02. The van der Waals surface area contributed by atoms with Crippen molar-refractivity contribution in [2.24, 2.45) is 0 Å². The molecule has 12 heavy (non-hydrogen) atoms. The van der Waals surface area contributed by atoms with E-state index < -0.39 is 0 Å². The lowest BCUT2D eigenvalue weighted by atomic mass is 10.1. The highest BCUT2D eigenvalue weighted by Gasteiger charge is 2.17. The molecule has 0 N–H and O–H groups in total. The maximum absolute atomic E-state index is 4.05. The van der Waals surface area contributed by atoms with Gasteiger partial charge in [-0.2, -0.15) is 0 Å². The largest absolute Gasteiger partial charge is 0.0949 e. The quantitative estimate of drug-likeness (QED) is 0.539. The molecule has 0 atom stereocenters. The topological polar surface area (TPSA) is 0 Å². The van der Waals surface area contributed by atoms with Crippen molar-refractivity contribution in [3.63, 3.8) is 0 Å². The normalized spacial score (nSPS) is 18.4. The molecule has 0 radical (unpaired) electrons. The first-order valence-corrected chi connectivity index (χ1v) is 4.25. The van der Waals surface area contributed by atoms with E-state index in [4.69, 9.17) is 0 Å². The van der Waals surface area contributed by atoms with Gasteiger partial charge in [-0.25, -0.2) is 0 Å². The van der Waals surface area contributed by atoms with E-state index in [2.05, 4.69) is 43.8 Å². The molecule has 0 heteroatoms. The summed E-state index contributed by atoms with van der Waals surface area (Å²) in [6.45, 7) is 6.14. The number of hydrogen-bond donors (Lipinski definition) is 0. The van der Waals surface area contributed by atoms with Crippen LogP contribution in [0.1, 0.15) is 24.5 Å². The highest BCUT2D eigenvalue weighted by molar-refractivity contribution is 5.91. The monoisotopic (exact) mass is 156 g/mol. The molecule has 2 rings (SSSR count). The summed E-state index contributed by atoms with van der Waals surface area (Å²) >= 11 is 0. The van der Waals surface area contributed by atoms with Crippen LogP contribution in [0.5, 0.6) is 0 Å². The van der Waals surface area contributed by atoms with Crippen LogP contribution in [0.25, 0.3) is 11.1 Å². The van der Waals surface area contributed by atoms with Crippen LogP contribution in [0.2, 0.25) is 0 Å². The molecule has 0 saturated heterocycles. The lowest BCUT2D eigenvalue weighted by Gasteiger charge is -1.97. The Hall–Kier alpha value is -1.30. The second kappa shape index (κ2) is 2.63. The predicted molar refractivity (Wildman–Crippen MR) is 53.7 cm³/mol. The Morgan fingerprint density at radius 1 is 1.25 bits per heavy atom. The number of benzene rings is 1. The number of hydrogen-bond acceptors (Lipinski definition) is 0. The van der Waals surface area contributed by atoms with E-state index in [1.165, 1.54) is 22.3 Å². The molecule has 0 fully saturated rings.